The summed E-state index contributed by atoms with van der Waals surface area (Å²) in [6.45, 7) is 12.6. The molecule has 0 bridgehead atoms. The quantitative estimate of drug-likeness (QED) is 0.599. The van der Waals surface area contributed by atoms with Crippen LogP contribution in [0.1, 0.15) is 0 Å². The van der Waals surface area contributed by atoms with Crippen molar-refractivity contribution in [2.45, 2.75) is 39.3 Å². The van der Waals surface area contributed by atoms with Crippen molar-refractivity contribution in [2.24, 2.45) is 10.8 Å². The molecule has 0 spiro atoms. The van der Waals surface area contributed by atoms with Crippen molar-refractivity contribution in [3.8, 4) is 0 Å². The first kappa shape index (κ1) is 18.7. The van der Waals surface area contributed by atoms with Crippen LogP contribution in [0.4, 0.5) is 0 Å². The van der Waals surface area contributed by atoms with Crippen LogP contribution in [-0.2, 0) is 0 Å². The van der Waals surface area contributed by atoms with E-state index in [2.05, 4.69) is 39.3 Å². The van der Waals surface area contributed by atoms with Crippen molar-refractivity contribution in [2.75, 3.05) is 0 Å². The van der Waals surface area contributed by atoms with Crippen molar-refractivity contribution in [1.29, 1.82) is 0 Å². The molecule has 0 aromatic carbocycles. The Morgan fingerprint density at radius 1 is 0.636 bits per heavy atom. The van der Waals surface area contributed by atoms with Crippen LogP contribution in [0.25, 0.3) is 0 Å². The van der Waals surface area contributed by atoms with Gasteiger partial charge >= 0.3 is 0 Å². The third-order valence-corrected chi connectivity index (χ3v) is 0. The predicted molar refractivity (Wildman–Crippen MR) is 60.8 cm³/mol. The predicted octanol–water partition coefficient (Wildman–Crippen LogP) is 1.18. The van der Waals surface area contributed by atoms with Crippen LogP contribution in [0, 0.1) is 0 Å². The average Bonchev–Trinajstić information content (AvgIpc) is 1.12. The molecule has 0 atom stereocenters. The second-order valence-electron chi connectivity index (χ2n) is 4.73. The Morgan fingerprint density at radius 3 is 0.636 bits per heavy atom. The normalized spacial score (nSPS) is 10.9. The number of hydrogen-bond acceptors (Lipinski definition) is 2. The van der Waals surface area contributed by atoms with Gasteiger partial charge in [0.1, 0.15) is 16.5 Å². The molecule has 5 heteroatoms. The molecule has 0 unspecified atom stereocenters. The smallest absolute Gasteiger partial charge is 0.113 e. The Hall–Kier alpha value is 1.99. The van der Waals surface area contributed by atoms with Gasteiger partial charge in [-0.15, -0.1) is 0 Å². The van der Waals surface area contributed by atoms with Crippen LogP contribution in [0.5, 0.6) is 0 Å². The third-order valence-electron chi connectivity index (χ3n) is 0. The Kier molecular flexibility index (Phi) is 12.6. The molecule has 0 fully saturated rings. The van der Waals surface area contributed by atoms with Gasteiger partial charge in [-0.1, -0.05) is 39.3 Å². The maximum Gasteiger partial charge on any atom is 0.113 e. The van der Waals surface area contributed by atoms with Crippen LogP contribution in [0.3, 0.4) is 0 Å². The van der Waals surface area contributed by atoms with Gasteiger partial charge in [-0.3, -0.25) is 0 Å². The Bertz CT molecular complexity index is 61.6. The zero-order valence-corrected chi connectivity index (χ0v) is 14.3. The fraction of sp³-hybridized carbons (Fsp3) is 1.00. The monoisotopic (exact) mass is 217 g/mol. The average molecular weight is 218 g/mol. The largest absolute Gasteiger partial charge is 0.351 e. The van der Waals surface area contributed by atoms with Crippen molar-refractivity contribution in [3.63, 3.8) is 0 Å². The summed E-state index contributed by atoms with van der Waals surface area (Å²) in [7, 11) is -2.22. The molecule has 65 valence electrons. The molecular formula is C6H22KN2Si2. The molecule has 0 aromatic rings. The third kappa shape index (κ3) is 302. The van der Waals surface area contributed by atoms with E-state index in [1.807, 2.05) is 0 Å². The molecular weight excluding hydrogens is 195 g/mol. The first-order valence-electron chi connectivity index (χ1n) is 3.58. The van der Waals surface area contributed by atoms with E-state index in [9.17, 15) is 0 Å². The van der Waals surface area contributed by atoms with Gasteiger partial charge in [0.05, 0.1) is 0 Å². The van der Waals surface area contributed by atoms with E-state index >= 15 is 0 Å². The Labute approximate surface area is 116 Å². The van der Waals surface area contributed by atoms with Crippen molar-refractivity contribution < 1.29 is 0 Å². The first-order chi connectivity index (χ1) is 4.00. The minimum atomic E-state index is -1.11. The summed E-state index contributed by atoms with van der Waals surface area (Å²) in [6, 6.07) is 0. The second-order valence-corrected chi connectivity index (χ2v) is 14.2. The SMILES string of the molecule is C[Si](C)(C)N.C[Si](C)(C)N.[K]. The summed E-state index contributed by atoms with van der Waals surface area (Å²) in [4.78, 5) is 0. The summed E-state index contributed by atoms with van der Waals surface area (Å²) in [5, 5.41) is 11.0. The molecule has 4 N–H and O–H groups in total. The molecule has 0 saturated carbocycles. The van der Waals surface area contributed by atoms with Gasteiger partial charge in [0.25, 0.3) is 0 Å². The summed E-state index contributed by atoms with van der Waals surface area (Å²) >= 11 is 0. The summed E-state index contributed by atoms with van der Waals surface area (Å²) in [6.07, 6.45) is 0. The van der Waals surface area contributed by atoms with Crippen molar-refractivity contribution in [3.05, 3.63) is 0 Å². The van der Waals surface area contributed by atoms with Crippen molar-refractivity contribution in [1.82, 2.24) is 0 Å². The molecule has 0 saturated heterocycles. The van der Waals surface area contributed by atoms with E-state index in [-0.39, 0.29) is 51.4 Å². The minimum Gasteiger partial charge on any atom is -0.351 e. The number of rotatable bonds is 0. The molecule has 0 rings (SSSR count). The fourth-order valence-electron chi connectivity index (χ4n) is 0. The maximum absolute atomic E-state index is 5.49. The topological polar surface area (TPSA) is 52.0 Å². The Morgan fingerprint density at radius 2 is 0.636 bits per heavy atom. The van der Waals surface area contributed by atoms with Gasteiger partial charge in [-0.25, -0.2) is 0 Å². The van der Waals surface area contributed by atoms with E-state index < -0.39 is 16.5 Å². The molecule has 0 aromatic heterocycles. The second kappa shape index (κ2) is 7.40. The standard InChI is InChI=1S/2C3H11NSi.K/c2*1-5(2,3)4;/h2*4H2,1-3H3;. The molecule has 0 aliphatic heterocycles. The molecule has 0 heterocycles. The van der Waals surface area contributed by atoms with Gasteiger partial charge in [0.15, 0.2) is 0 Å². The fourth-order valence-corrected chi connectivity index (χ4v) is 0. The molecule has 1 radical (unpaired) electrons. The van der Waals surface area contributed by atoms with Crippen molar-refractivity contribution >= 4 is 67.9 Å². The van der Waals surface area contributed by atoms with Gasteiger partial charge in [0, 0.05) is 51.4 Å². The molecule has 11 heavy (non-hydrogen) atoms. The Balaban J connectivity index is -0.000000107. The van der Waals surface area contributed by atoms with Gasteiger partial charge < -0.3 is 10.8 Å². The van der Waals surface area contributed by atoms with Gasteiger partial charge in [-0.05, 0) is 0 Å². The van der Waals surface area contributed by atoms with Gasteiger partial charge in [-0.2, -0.15) is 0 Å². The van der Waals surface area contributed by atoms with E-state index in [1.54, 1.807) is 0 Å². The van der Waals surface area contributed by atoms with Crippen LogP contribution < -0.4 is 10.8 Å². The maximum atomic E-state index is 5.49. The zero-order chi connectivity index (χ0) is 9.00. The van der Waals surface area contributed by atoms with Crippen LogP contribution >= 0.6 is 0 Å². The van der Waals surface area contributed by atoms with Crippen LogP contribution in [-0.4, -0.2) is 67.9 Å². The molecule has 0 amide bonds. The minimum absolute atomic E-state index is 0. The summed E-state index contributed by atoms with van der Waals surface area (Å²) in [5.74, 6) is 0. The van der Waals surface area contributed by atoms with E-state index in [0.717, 1.165) is 0 Å². The zero-order valence-electron chi connectivity index (χ0n) is 9.15. The molecule has 0 aliphatic rings. The first-order valence-corrected chi connectivity index (χ1v) is 10.7. The van der Waals surface area contributed by atoms with E-state index in [4.69, 9.17) is 10.8 Å². The molecule has 2 nitrogen and oxygen atoms in total. The number of hydrogen-bond donors (Lipinski definition) is 2. The van der Waals surface area contributed by atoms with Crippen LogP contribution in [0.2, 0.25) is 39.3 Å². The molecule has 0 aliphatic carbocycles. The summed E-state index contributed by atoms with van der Waals surface area (Å²) in [5.41, 5.74) is 0. The van der Waals surface area contributed by atoms with E-state index in [0.29, 0.717) is 0 Å². The van der Waals surface area contributed by atoms with Crippen LogP contribution in [0.15, 0.2) is 0 Å². The van der Waals surface area contributed by atoms with Gasteiger partial charge in [0.2, 0.25) is 0 Å². The number of nitrogens with two attached hydrogens (primary N) is 2. The van der Waals surface area contributed by atoms with E-state index in [1.165, 1.54) is 0 Å². The summed E-state index contributed by atoms with van der Waals surface area (Å²) < 4.78 is 0.